The first-order valence-electron chi connectivity index (χ1n) is 14.9. The van der Waals surface area contributed by atoms with E-state index in [0.717, 1.165) is 15.4 Å². The summed E-state index contributed by atoms with van der Waals surface area (Å²) in [7, 11) is -2.90. The maximum Gasteiger partial charge on any atom is 0.264 e. The Balaban J connectivity index is 1.87. The second kappa shape index (κ2) is 14.6. The van der Waals surface area contributed by atoms with Crippen molar-refractivity contribution in [2.45, 2.75) is 57.1 Å². The molecular formula is C36H40FN3O5S. The molecule has 8 nitrogen and oxygen atoms in total. The van der Waals surface area contributed by atoms with E-state index >= 15 is 4.39 Å². The summed E-state index contributed by atoms with van der Waals surface area (Å²) in [4.78, 5) is 29.8. The fraction of sp³-hybridized carbons (Fsp3) is 0.278. The largest absolute Gasteiger partial charge is 0.495 e. The van der Waals surface area contributed by atoms with E-state index in [1.54, 1.807) is 55.5 Å². The predicted octanol–water partition coefficient (Wildman–Crippen LogP) is 5.89. The zero-order valence-electron chi connectivity index (χ0n) is 26.7. The van der Waals surface area contributed by atoms with E-state index < -0.39 is 45.8 Å². The van der Waals surface area contributed by atoms with Crippen LogP contribution in [-0.2, 0) is 32.6 Å². The summed E-state index contributed by atoms with van der Waals surface area (Å²) in [6.07, 6.45) is 0.113. The standard InChI is InChI=1S/C36H40FN3O5S/c1-26-20-21-33(45-5)31(22-26)40(46(43,44)29-17-10-7-11-18-29)25-34(41)39(24-28-16-12-13-19-30(28)37)32(35(42)38-36(2,3)4)23-27-14-8-6-9-15-27/h6-22,32H,23-25H2,1-5H3,(H,38,42). The molecule has 4 aromatic rings. The van der Waals surface area contributed by atoms with E-state index in [1.807, 2.05) is 51.1 Å². The highest BCUT2D eigenvalue weighted by molar-refractivity contribution is 7.92. The van der Waals surface area contributed by atoms with E-state index in [-0.39, 0.29) is 34.9 Å². The van der Waals surface area contributed by atoms with Crippen LogP contribution in [0.4, 0.5) is 10.1 Å². The molecular weight excluding hydrogens is 605 g/mol. The molecule has 46 heavy (non-hydrogen) atoms. The molecule has 242 valence electrons. The lowest BCUT2D eigenvalue weighted by Gasteiger charge is -2.35. The van der Waals surface area contributed by atoms with E-state index in [9.17, 15) is 18.0 Å². The Morgan fingerprint density at radius 3 is 2.11 bits per heavy atom. The highest BCUT2D eigenvalue weighted by Crippen LogP contribution is 2.34. The number of carbonyl (C=O) groups excluding carboxylic acids is 2. The van der Waals surface area contributed by atoms with Crippen molar-refractivity contribution in [3.05, 3.63) is 126 Å². The fourth-order valence-electron chi connectivity index (χ4n) is 5.04. The SMILES string of the molecule is COc1ccc(C)cc1N(CC(=O)N(Cc1ccccc1F)C(Cc1ccccc1)C(=O)NC(C)(C)C)S(=O)(=O)c1ccccc1. The minimum absolute atomic E-state index is 0.0293. The number of sulfonamides is 1. The van der Waals surface area contributed by atoms with Crippen LogP contribution in [0.5, 0.6) is 5.75 Å². The molecule has 1 N–H and O–H groups in total. The van der Waals surface area contributed by atoms with Gasteiger partial charge >= 0.3 is 0 Å². The number of amides is 2. The Hall–Kier alpha value is -4.70. The Labute approximate surface area is 270 Å². The van der Waals surface area contributed by atoms with Gasteiger partial charge in [-0.15, -0.1) is 0 Å². The van der Waals surface area contributed by atoms with Gasteiger partial charge in [0.15, 0.2) is 0 Å². The average Bonchev–Trinajstić information content (AvgIpc) is 3.02. The summed E-state index contributed by atoms with van der Waals surface area (Å²) >= 11 is 0. The van der Waals surface area contributed by atoms with Gasteiger partial charge in [-0.2, -0.15) is 0 Å². The molecule has 0 heterocycles. The maximum atomic E-state index is 15.1. The Bertz CT molecular complexity index is 1760. The Morgan fingerprint density at radius 2 is 1.50 bits per heavy atom. The molecule has 1 atom stereocenters. The number of benzene rings is 4. The van der Waals surface area contributed by atoms with Gasteiger partial charge < -0.3 is 15.0 Å². The molecule has 0 bridgehead atoms. The molecule has 0 saturated heterocycles. The predicted molar refractivity (Wildman–Crippen MR) is 177 cm³/mol. The van der Waals surface area contributed by atoms with Crippen molar-refractivity contribution in [2.75, 3.05) is 18.0 Å². The third kappa shape index (κ3) is 8.51. The van der Waals surface area contributed by atoms with Crippen molar-refractivity contribution >= 4 is 27.5 Å². The Morgan fingerprint density at radius 1 is 0.891 bits per heavy atom. The molecule has 4 rings (SSSR count). The summed E-state index contributed by atoms with van der Waals surface area (Å²) in [6.45, 7) is 6.32. The lowest BCUT2D eigenvalue weighted by atomic mass is 10.0. The molecule has 0 aliphatic carbocycles. The van der Waals surface area contributed by atoms with Gasteiger partial charge in [0.25, 0.3) is 10.0 Å². The molecule has 0 radical (unpaired) electrons. The molecule has 10 heteroatoms. The van der Waals surface area contributed by atoms with Gasteiger partial charge in [-0.1, -0.05) is 72.8 Å². The van der Waals surface area contributed by atoms with E-state index in [2.05, 4.69) is 5.32 Å². The monoisotopic (exact) mass is 645 g/mol. The first kappa shape index (κ1) is 34.2. The van der Waals surface area contributed by atoms with Crippen LogP contribution in [0.25, 0.3) is 0 Å². The van der Waals surface area contributed by atoms with Gasteiger partial charge in [-0.25, -0.2) is 12.8 Å². The normalized spacial score (nSPS) is 12.2. The lowest BCUT2D eigenvalue weighted by Crippen LogP contribution is -2.56. The number of nitrogens with one attached hydrogen (secondary N) is 1. The minimum atomic E-state index is -4.32. The second-order valence-corrected chi connectivity index (χ2v) is 13.9. The molecule has 0 fully saturated rings. The highest BCUT2D eigenvalue weighted by atomic mass is 32.2. The number of carbonyl (C=O) groups is 2. The molecule has 0 aromatic heterocycles. The number of methoxy groups -OCH3 is 1. The van der Waals surface area contributed by atoms with Crippen LogP contribution in [0.1, 0.15) is 37.5 Å². The first-order valence-corrected chi connectivity index (χ1v) is 16.4. The number of aryl methyl sites for hydroxylation is 1. The van der Waals surface area contributed by atoms with Crippen molar-refractivity contribution in [1.82, 2.24) is 10.2 Å². The minimum Gasteiger partial charge on any atom is -0.495 e. The summed E-state index contributed by atoms with van der Waals surface area (Å²) in [5, 5.41) is 2.96. The second-order valence-electron chi connectivity index (χ2n) is 12.1. The van der Waals surface area contributed by atoms with E-state index in [1.165, 1.54) is 36.3 Å². The van der Waals surface area contributed by atoms with Crippen molar-refractivity contribution in [2.24, 2.45) is 0 Å². The third-order valence-corrected chi connectivity index (χ3v) is 9.05. The highest BCUT2D eigenvalue weighted by Gasteiger charge is 2.36. The van der Waals surface area contributed by atoms with Crippen LogP contribution >= 0.6 is 0 Å². The Kier molecular flexibility index (Phi) is 10.8. The van der Waals surface area contributed by atoms with Gasteiger partial charge in [0.2, 0.25) is 11.8 Å². The average molecular weight is 646 g/mol. The zero-order chi connectivity index (χ0) is 33.5. The van der Waals surface area contributed by atoms with Crippen molar-refractivity contribution < 1.29 is 27.1 Å². The van der Waals surface area contributed by atoms with E-state index in [0.29, 0.717) is 0 Å². The van der Waals surface area contributed by atoms with Crippen LogP contribution < -0.4 is 14.4 Å². The summed E-state index contributed by atoms with van der Waals surface area (Å²) in [5.74, 6) is -1.46. The number of hydrogen-bond acceptors (Lipinski definition) is 5. The number of hydrogen-bond donors (Lipinski definition) is 1. The first-order chi connectivity index (χ1) is 21.8. The number of rotatable bonds is 12. The van der Waals surface area contributed by atoms with Crippen LogP contribution in [0.2, 0.25) is 0 Å². The van der Waals surface area contributed by atoms with E-state index in [4.69, 9.17) is 4.74 Å². The molecule has 0 saturated carbocycles. The fourth-order valence-corrected chi connectivity index (χ4v) is 6.48. The lowest BCUT2D eigenvalue weighted by molar-refractivity contribution is -0.140. The molecule has 4 aromatic carbocycles. The summed E-state index contributed by atoms with van der Waals surface area (Å²) in [5.41, 5.74) is 1.21. The van der Waals surface area contributed by atoms with Gasteiger partial charge in [-0.3, -0.25) is 13.9 Å². The number of ether oxygens (including phenoxy) is 1. The number of halogens is 1. The van der Waals surface area contributed by atoms with Crippen LogP contribution in [0, 0.1) is 12.7 Å². The van der Waals surface area contributed by atoms with Crippen molar-refractivity contribution in [1.29, 1.82) is 0 Å². The summed E-state index contributed by atoms with van der Waals surface area (Å²) in [6, 6.07) is 26.9. The number of anilines is 1. The van der Waals surface area contributed by atoms with Crippen LogP contribution in [0.3, 0.4) is 0 Å². The molecule has 2 amide bonds. The summed E-state index contributed by atoms with van der Waals surface area (Å²) < 4.78 is 50.1. The zero-order valence-corrected chi connectivity index (χ0v) is 27.6. The van der Waals surface area contributed by atoms with Crippen LogP contribution in [-0.4, -0.2) is 50.4 Å². The van der Waals surface area contributed by atoms with Gasteiger partial charge in [0.1, 0.15) is 24.2 Å². The quantitative estimate of drug-likeness (QED) is 0.207. The van der Waals surface area contributed by atoms with Gasteiger partial charge in [0, 0.05) is 24.1 Å². The molecule has 1 unspecified atom stereocenters. The molecule has 0 spiro atoms. The molecule has 0 aliphatic heterocycles. The van der Waals surface area contributed by atoms with Crippen molar-refractivity contribution in [3.8, 4) is 5.75 Å². The van der Waals surface area contributed by atoms with Gasteiger partial charge in [-0.05, 0) is 69.2 Å². The molecule has 0 aliphatic rings. The third-order valence-electron chi connectivity index (χ3n) is 7.28. The topological polar surface area (TPSA) is 96.0 Å². The maximum absolute atomic E-state index is 15.1. The van der Waals surface area contributed by atoms with Crippen molar-refractivity contribution in [3.63, 3.8) is 0 Å². The number of nitrogens with zero attached hydrogens (tertiary/aromatic N) is 2. The van der Waals surface area contributed by atoms with Gasteiger partial charge in [0.05, 0.1) is 17.7 Å². The smallest absolute Gasteiger partial charge is 0.264 e. The van der Waals surface area contributed by atoms with Crippen LogP contribution in [0.15, 0.2) is 108 Å².